The van der Waals surface area contributed by atoms with Gasteiger partial charge < -0.3 is 13.9 Å². The number of carbonyl (C=O) groups excluding carboxylic acids is 2. The Balaban J connectivity index is 1.73. The second-order valence-electron chi connectivity index (χ2n) is 5.75. The number of ether oxygens (including phenoxy) is 2. The minimum Gasteiger partial charge on any atom is -0.463 e. The van der Waals surface area contributed by atoms with Gasteiger partial charge in [0.05, 0.1) is 17.9 Å². The van der Waals surface area contributed by atoms with E-state index in [2.05, 4.69) is 9.84 Å². The molecule has 0 fully saturated rings. The highest BCUT2D eigenvalue weighted by atomic mass is 16.6. The van der Waals surface area contributed by atoms with Gasteiger partial charge in [-0.3, -0.25) is 19.5 Å². The van der Waals surface area contributed by atoms with Crippen LogP contribution in [0.4, 0.5) is 0 Å². The molecule has 0 bridgehead atoms. The molecule has 2 heterocycles. The van der Waals surface area contributed by atoms with Gasteiger partial charge in [0.2, 0.25) is 5.76 Å². The lowest BCUT2D eigenvalue weighted by Gasteiger charge is -2.07. The summed E-state index contributed by atoms with van der Waals surface area (Å²) in [5.41, 5.74) is -0.450. The Morgan fingerprint density at radius 3 is 2.59 bits per heavy atom. The van der Waals surface area contributed by atoms with E-state index in [4.69, 9.17) is 9.15 Å². The zero-order valence-corrected chi connectivity index (χ0v) is 14.6. The molecule has 3 rings (SSSR count). The number of hydrogen-bond donors (Lipinski definition) is 1. The zero-order valence-electron chi connectivity index (χ0n) is 14.6. The van der Waals surface area contributed by atoms with Crippen molar-refractivity contribution in [3.05, 3.63) is 68.1 Å². The number of aryl methyl sites for hydroxylation is 1. The van der Waals surface area contributed by atoms with Crippen molar-refractivity contribution >= 4 is 22.7 Å². The van der Waals surface area contributed by atoms with Gasteiger partial charge >= 0.3 is 11.9 Å². The second kappa shape index (κ2) is 7.32. The molecular weight excluding hydrogens is 356 g/mol. The Labute approximate surface area is 152 Å². The third-order valence-corrected chi connectivity index (χ3v) is 3.89. The molecule has 0 saturated carbocycles. The highest BCUT2D eigenvalue weighted by Crippen LogP contribution is 2.16. The van der Waals surface area contributed by atoms with Crippen LogP contribution >= 0.6 is 0 Å². The van der Waals surface area contributed by atoms with E-state index in [1.807, 2.05) is 0 Å². The molecule has 0 saturated heterocycles. The normalized spacial score (nSPS) is 10.7. The van der Waals surface area contributed by atoms with Crippen LogP contribution < -0.4 is 11.1 Å². The highest BCUT2D eigenvalue weighted by Gasteiger charge is 2.17. The fourth-order valence-electron chi connectivity index (χ4n) is 2.60. The minimum absolute atomic E-state index is 0.0265. The number of aromatic nitrogens is 2. The third-order valence-electron chi connectivity index (χ3n) is 3.89. The van der Waals surface area contributed by atoms with Crippen molar-refractivity contribution in [3.63, 3.8) is 0 Å². The summed E-state index contributed by atoms with van der Waals surface area (Å²) >= 11 is 0. The van der Waals surface area contributed by atoms with Crippen molar-refractivity contribution in [3.8, 4) is 0 Å². The molecule has 0 amide bonds. The number of nitrogens with zero attached hydrogens (tertiary/aromatic N) is 1. The predicted molar refractivity (Wildman–Crippen MR) is 93.4 cm³/mol. The fraction of sp³-hybridized carbons (Fsp3) is 0.222. The smallest absolute Gasteiger partial charge is 0.374 e. The molecule has 0 unspecified atom stereocenters. The summed E-state index contributed by atoms with van der Waals surface area (Å²) in [6.07, 6.45) is 0. The predicted octanol–water partition coefficient (Wildman–Crippen LogP) is 1.12. The Morgan fingerprint density at radius 1 is 1.19 bits per heavy atom. The number of fused-ring (bicyclic) bond motifs is 1. The van der Waals surface area contributed by atoms with E-state index in [-0.39, 0.29) is 28.9 Å². The first-order valence-electron chi connectivity index (χ1n) is 7.96. The SMILES string of the molecule is COC(=O)c1oc(COC(=O)Cn2[nH]c(=O)c3ccccc3c2=O)cc1C. The van der Waals surface area contributed by atoms with Crippen LogP contribution in [0.2, 0.25) is 0 Å². The van der Waals surface area contributed by atoms with Gasteiger partial charge in [-0.2, -0.15) is 0 Å². The van der Waals surface area contributed by atoms with Gasteiger partial charge in [0.15, 0.2) is 0 Å². The lowest BCUT2D eigenvalue weighted by Crippen LogP contribution is -2.32. The van der Waals surface area contributed by atoms with Crippen LogP contribution in [0.1, 0.15) is 21.9 Å². The number of rotatable bonds is 5. The first-order valence-corrected chi connectivity index (χ1v) is 7.96. The summed E-state index contributed by atoms with van der Waals surface area (Å²) in [4.78, 5) is 47.9. The molecule has 2 aromatic heterocycles. The van der Waals surface area contributed by atoms with Crippen molar-refractivity contribution in [2.45, 2.75) is 20.1 Å². The molecule has 0 spiro atoms. The number of furan rings is 1. The standard InChI is InChI=1S/C18H16N2O7/c1-10-7-11(27-15(10)18(24)25-2)9-26-14(21)8-20-17(23)13-6-4-3-5-12(13)16(22)19-20/h3-7H,8-9H2,1-2H3,(H,19,22). The molecule has 0 aliphatic carbocycles. The van der Waals surface area contributed by atoms with Gasteiger partial charge in [-0.15, -0.1) is 0 Å². The molecule has 9 nitrogen and oxygen atoms in total. The quantitative estimate of drug-likeness (QED) is 0.666. The van der Waals surface area contributed by atoms with Crippen molar-refractivity contribution in [1.82, 2.24) is 9.78 Å². The van der Waals surface area contributed by atoms with Gasteiger partial charge in [-0.25, -0.2) is 9.48 Å². The van der Waals surface area contributed by atoms with Crippen LogP contribution in [0.3, 0.4) is 0 Å². The summed E-state index contributed by atoms with van der Waals surface area (Å²) in [7, 11) is 1.23. The van der Waals surface area contributed by atoms with Crippen LogP contribution in [-0.2, 0) is 27.4 Å². The second-order valence-corrected chi connectivity index (χ2v) is 5.75. The van der Waals surface area contributed by atoms with Gasteiger partial charge in [0.25, 0.3) is 11.1 Å². The zero-order chi connectivity index (χ0) is 19.6. The number of H-pyrrole nitrogens is 1. The van der Waals surface area contributed by atoms with Crippen LogP contribution in [0, 0.1) is 6.92 Å². The maximum atomic E-state index is 12.4. The lowest BCUT2D eigenvalue weighted by molar-refractivity contribution is -0.146. The van der Waals surface area contributed by atoms with Crippen molar-refractivity contribution in [2.24, 2.45) is 0 Å². The lowest BCUT2D eigenvalue weighted by atomic mass is 10.2. The van der Waals surface area contributed by atoms with Crippen LogP contribution in [0.5, 0.6) is 0 Å². The number of methoxy groups -OCH3 is 1. The topological polar surface area (TPSA) is 121 Å². The highest BCUT2D eigenvalue weighted by molar-refractivity contribution is 5.87. The summed E-state index contributed by atoms with van der Waals surface area (Å²) in [5.74, 6) is -1.11. The van der Waals surface area contributed by atoms with E-state index in [1.54, 1.807) is 25.1 Å². The maximum absolute atomic E-state index is 12.4. The van der Waals surface area contributed by atoms with Gasteiger partial charge in [-0.1, -0.05) is 12.1 Å². The number of benzene rings is 1. The van der Waals surface area contributed by atoms with Crippen molar-refractivity contribution in [2.75, 3.05) is 7.11 Å². The number of hydrogen-bond acceptors (Lipinski definition) is 7. The van der Waals surface area contributed by atoms with Gasteiger partial charge in [0, 0.05) is 5.56 Å². The summed E-state index contributed by atoms with van der Waals surface area (Å²) in [5, 5.41) is 2.80. The molecule has 0 aliphatic heterocycles. The fourth-order valence-corrected chi connectivity index (χ4v) is 2.60. The first kappa shape index (κ1) is 18.2. The van der Waals surface area contributed by atoms with Gasteiger partial charge in [0.1, 0.15) is 18.9 Å². The molecule has 1 aromatic carbocycles. The molecule has 0 radical (unpaired) electrons. The maximum Gasteiger partial charge on any atom is 0.374 e. The number of aromatic amines is 1. The average molecular weight is 372 g/mol. The van der Waals surface area contributed by atoms with E-state index < -0.39 is 29.6 Å². The Morgan fingerprint density at radius 2 is 1.89 bits per heavy atom. The average Bonchev–Trinajstić information content (AvgIpc) is 3.04. The molecule has 0 atom stereocenters. The Bertz CT molecular complexity index is 1140. The van der Waals surface area contributed by atoms with Crippen LogP contribution in [0.15, 0.2) is 44.3 Å². The largest absolute Gasteiger partial charge is 0.463 e. The summed E-state index contributed by atoms with van der Waals surface area (Å²) < 4.78 is 15.8. The summed E-state index contributed by atoms with van der Waals surface area (Å²) in [6, 6.07) is 7.85. The van der Waals surface area contributed by atoms with E-state index >= 15 is 0 Å². The van der Waals surface area contributed by atoms with E-state index in [0.717, 1.165) is 4.68 Å². The summed E-state index contributed by atoms with van der Waals surface area (Å²) in [6.45, 7) is 0.951. The van der Waals surface area contributed by atoms with E-state index in [9.17, 15) is 19.2 Å². The number of esters is 2. The molecule has 3 aromatic rings. The molecule has 140 valence electrons. The van der Waals surface area contributed by atoms with Crippen LogP contribution in [-0.4, -0.2) is 28.8 Å². The first-order chi connectivity index (χ1) is 12.9. The van der Waals surface area contributed by atoms with Crippen molar-refractivity contribution < 1.29 is 23.5 Å². The molecule has 0 aliphatic rings. The molecule has 1 N–H and O–H groups in total. The van der Waals surface area contributed by atoms with Crippen LogP contribution in [0.25, 0.3) is 10.8 Å². The monoisotopic (exact) mass is 372 g/mol. The number of carbonyl (C=O) groups is 2. The van der Waals surface area contributed by atoms with E-state index in [1.165, 1.54) is 19.2 Å². The Kier molecular flexibility index (Phi) is 4.93. The molecular formula is C18H16N2O7. The van der Waals surface area contributed by atoms with Crippen molar-refractivity contribution in [1.29, 1.82) is 0 Å². The molecule has 27 heavy (non-hydrogen) atoms. The van der Waals surface area contributed by atoms with Gasteiger partial charge in [-0.05, 0) is 25.1 Å². The Hall–Kier alpha value is -3.62. The minimum atomic E-state index is -0.753. The number of nitrogens with one attached hydrogen (secondary N) is 1. The van der Waals surface area contributed by atoms with E-state index in [0.29, 0.717) is 5.56 Å². The third kappa shape index (κ3) is 3.66. The molecule has 9 heteroatoms.